The molecule has 0 fully saturated rings. The maximum absolute atomic E-state index is 10.1. The highest BCUT2D eigenvalue weighted by molar-refractivity contribution is 5.53. The van der Waals surface area contributed by atoms with Gasteiger partial charge in [-0.15, -0.1) is 0 Å². The van der Waals surface area contributed by atoms with E-state index < -0.39 is 5.60 Å². The number of aliphatic hydroxyl groups is 1. The molecule has 1 heteroatoms. The third-order valence-corrected chi connectivity index (χ3v) is 3.22. The Morgan fingerprint density at radius 3 is 2.35 bits per heavy atom. The molecule has 0 amide bonds. The molecular weight excluding hydrogens is 208 g/mol. The molecular formula is C16H22O. The van der Waals surface area contributed by atoms with Crippen molar-refractivity contribution in [1.29, 1.82) is 0 Å². The highest BCUT2D eigenvalue weighted by Crippen LogP contribution is 2.24. The van der Waals surface area contributed by atoms with Crippen LogP contribution in [0.1, 0.15) is 45.2 Å². The van der Waals surface area contributed by atoms with Gasteiger partial charge in [-0.05, 0) is 38.3 Å². The Kier molecular flexibility index (Phi) is 4.71. The summed E-state index contributed by atoms with van der Waals surface area (Å²) in [5.41, 5.74) is 2.65. The molecule has 1 N–H and O–H groups in total. The topological polar surface area (TPSA) is 20.2 Å². The second-order valence-electron chi connectivity index (χ2n) is 4.62. The maximum atomic E-state index is 10.1. The van der Waals surface area contributed by atoms with Crippen LogP contribution in [-0.2, 0) is 5.60 Å². The molecule has 0 radical (unpaired) electrons. The Hall–Kier alpha value is -1.34. The zero-order valence-electron chi connectivity index (χ0n) is 11.2. The zero-order chi connectivity index (χ0) is 12.9. The van der Waals surface area contributed by atoms with Gasteiger partial charge in [-0.1, -0.05) is 55.0 Å². The van der Waals surface area contributed by atoms with Crippen molar-refractivity contribution in [3.05, 3.63) is 53.1 Å². The molecule has 1 aromatic rings. The molecule has 0 bridgehead atoms. The van der Waals surface area contributed by atoms with Crippen molar-refractivity contribution in [2.45, 2.75) is 39.7 Å². The summed E-state index contributed by atoms with van der Waals surface area (Å²) < 4.78 is 0. The average molecular weight is 230 g/mol. The van der Waals surface area contributed by atoms with Crippen molar-refractivity contribution < 1.29 is 5.11 Å². The number of hydrogen-bond donors (Lipinski definition) is 1. The van der Waals surface area contributed by atoms with E-state index in [0.29, 0.717) is 0 Å². The first-order valence-electron chi connectivity index (χ1n) is 6.13. The van der Waals surface area contributed by atoms with Gasteiger partial charge in [-0.3, -0.25) is 0 Å². The predicted octanol–water partition coefficient (Wildman–Crippen LogP) is 4.28. The molecule has 0 spiro atoms. The van der Waals surface area contributed by atoms with Crippen LogP contribution in [-0.4, -0.2) is 5.11 Å². The summed E-state index contributed by atoms with van der Waals surface area (Å²) >= 11 is 0. The third kappa shape index (κ3) is 3.86. The van der Waals surface area contributed by atoms with E-state index in [4.69, 9.17) is 0 Å². The SMILES string of the molecule is CC=C(C)C=Cc1ccc(C(C)(O)CC)cc1. The first kappa shape index (κ1) is 13.7. The van der Waals surface area contributed by atoms with E-state index in [0.717, 1.165) is 17.5 Å². The minimum absolute atomic E-state index is 0.721. The van der Waals surface area contributed by atoms with E-state index in [1.807, 2.05) is 45.0 Å². The van der Waals surface area contributed by atoms with Gasteiger partial charge in [-0.25, -0.2) is 0 Å². The first-order chi connectivity index (χ1) is 7.99. The van der Waals surface area contributed by atoms with Gasteiger partial charge in [0.1, 0.15) is 0 Å². The monoisotopic (exact) mass is 230 g/mol. The maximum Gasteiger partial charge on any atom is 0.0865 e. The molecule has 17 heavy (non-hydrogen) atoms. The second kappa shape index (κ2) is 5.83. The van der Waals surface area contributed by atoms with E-state index in [1.54, 1.807) is 0 Å². The van der Waals surface area contributed by atoms with E-state index >= 15 is 0 Å². The van der Waals surface area contributed by atoms with Crippen LogP contribution < -0.4 is 0 Å². The van der Waals surface area contributed by atoms with E-state index in [-0.39, 0.29) is 0 Å². The average Bonchev–Trinajstić information content (AvgIpc) is 2.36. The lowest BCUT2D eigenvalue weighted by atomic mass is 9.92. The normalized spacial score (nSPS) is 16.2. The van der Waals surface area contributed by atoms with Crippen LogP contribution in [0.4, 0.5) is 0 Å². The summed E-state index contributed by atoms with van der Waals surface area (Å²) in [7, 11) is 0. The number of benzene rings is 1. The molecule has 0 aliphatic heterocycles. The lowest BCUT2D eigenvalue weighted by Crippen LogP contribution is -2.19. The van der Waals surface area contributed by atoms with Crippen LogP contribution in [0.25, 0.3) is 6.08 Å². The highest BCUT2D eigenvalue weighted by Gasteiger charge is 2.19. The van der Waals surface area contributed by atoms with E-state index in [1.165, 1.54) is 5.57 Å². The van der Waals surface area contributed by atoms with Gasteiger partial charge in [-0.2, -0.15) is 0 Å². The molecule has 1 atom stereocenters. The summed E-state index contributed by atoms with van der Waals surface area (Å²) in [4.78, 5) is 0. The molecule has 0 saturated carbocycles. The van der Waals surface area contributed by atoms with Crippen molar-refractivity contribution in [1.82, 2.24) is 0 Å². The standard InChI is InChI=1S/C16H22O/c1-5-13(3)7-8-14-9-11-15(12-10-14)16(4,17)6-2/h5,7-12,17H,6H2,1-4H3. The second-order valence-corrected chi connectivity index (χ2v) is 4.62. The van der Waals surface area contributed by atoms with Crippen molar-refractivity contribution in [2.24, 2.45) is 0 Å². The Balaban J connectivity index is 2.86. The molecule has 1 unspecified atom stereocenters. The quantitative estimate of drug-likeness (QED) is 0.765. The molecule has 0 heterocycles. The lowest BCUT2D eigenvalue weighted by Gasteiger charge is -2.21. The van der Waals surface area contributed by atoms with Crippen molar-refractivity contribution in [3.63, 3.8) is 0 Å². The summed E-state index contributed by atoms with van der Waals surface area (Å²) in [6.07, 6.45) is 6.97. The summed E-state index contributed by atoms with van der Waals surface area (Å²) in [5, 5.41) is 10.1. The Labute approximate surface area is 104 Å². The molecule has 1 nitrogen and oxygen atoms in total. The summed E-state index contributed by atoms with van der Waals surface area (Å²) in [5.74, 6) is 0. The third-order valence-electron chi connectivity index (χ3n) is 3.22. The largest absolute Gasteiger partial charge is 0.385 e. The van der Waals surface area contributed by atoms with E-state index in [9.17, 15) is 5.11 Å². The Bertz CT molecular complexity index is 408. The lowest BCUT2D eigenvalue weighted by molar-refractivity contribution is 0.0531. The minimum atomic E-state index is -0.721. The molecule has 0 aliphatic rings. The van der Waals surface area contributed by atoms with Crippen LogP contribution in [0.5, 0.6) is 0 Å². The smallest absolute Gasteiger partial charge is 0.0865 e. The van der Waals surface area contributed by atoms with Crippen molar-refractivity contribution >= 4 is 6.08 Å². The number of allylic oxidation sites excluding steroid dienone is 3. The van der Waals surface area contributed by atoms with Crippen LogP contribution in [0.2, 0.25) is 0 Å². The van der Waals surface area contributed by atoms with Gasteiger partial charge in [0, 0.05) is 0 Å². The zero-order valence-corrected chi connectivity index (χ0v) is 11.2. The predicted molar refractivity (Wildman–Crippen MR) is 74.8 cm³/mol. The Morgan fingerprint density at radius 2 is 1.88 bits per heavy atom. The fourth-order valence-electron chi connectivity index (χ4n) is 1.48. The highest BCUT2D eigenvalue weighted by atomic mass is 16.3. The molecule has 1 rings (SSSR count). The van der Waals surface area contributed by atoms with Crippen molar-refractivity contribution in [3.8, 4) is 0 Å². The van der Waals surface area contributed by atoms with Crippen LogP contribution in [0.3, 0.4) is 0 Å². The summed E-state index contributed by atoms with van der Waals surface area (Å²) in [6, 6.07) is 8.07. The molecule has 1 aromatic carbocycles. The van der Waals surface area contributed by atoms with Gasteiger partial charge in [0.2, 0.25) is 0 Å². The number of hydrogen-bond acceptors (Lipinski definition) is 1. The van der Waals surface area contributed by atoms with E-state index in [2.05, 4.69) is 25.2 Å². The minimum Gasteiger partial charge on any atom is -0.385 e. The van der Waals surface area contributed by atoms with Gasteiger partial charge in [0.15, 0.2) is 0 Å². The fraction of sp³-hybridized carbons (Fsp3) is 0.375. The Morgan fingerprint density at radius 1 is 1.29 bits per heavy atom. The molecule has 0 aliphatic carbocycles. The van der Waals surface area contributed by atoms with Crippen molar-refractivity contribution in [2.75, 3.05) is 0 Å². The van der Waals surface area contributed by atoms with Gasteiger partial charge < -0.3 is 5.11 Å². The molecule has 0 saturated heterocycles. The molecule has 92 valence electrons. The van der Waals surface area contributed by atoms with Crippen LogP contribution in [0.15, 0.2) is 42.0 Å². The summed E-state index contributed by atoms with van der Waals surface area (Å²) in [6.45, 7) is 7.94. The van der Waals surface area contributed by atoms with Gasteiger partial charge in [0.05, 0.1) is 5.60 Å². The van der Waals surface area contributed by atoms with Crippen LogP contribution in [0, 0.1) is 0 Å². The molecule has 0 aromatic heterocycles. The first-order valence-corrected chi connectivity index (χ1v) is 6.13. The van der Waals surface area contributed by atoms with Crippen LogP contribution >= 0.6 is 0 Å². The fourth-order valence-corrected chi connectivity index (χ4v) is 1.48. The van der Waals surface area contributed by atoms with Gasteiger partial charge >= 0.3 is 0 Å². The number of rotatable bonds is 4. The van der Waals surface area contributed by atoms with Gasteiger partial charge in [0.25, 0.3) is 0 Å².